The third-order valence-electron chi connectivity index (χ3n) is 3.54. The molecule has 0 aromatic carbocycles. The van der Waals surface area contributed by atoms with Crippen LogP contribution in [-0.2, 0) is 0 Å². The van der Waals surface area contributed by atoms with E-state index < -0.39 is 5.09 Å². The minimum atomic E-state index is -1.50. The summed E-state index contributed by atoms with van der Waals surface area (Å²) in [6.07, 6.45) is 13.5. The van der Waals surface area contributed by atoms with Gasteiger partial charge in [-0.05, 0) is 25.7 Å². The SMILES string of the molecule is C1CCC(N=NC2CCCCC2)CC1.O=[N+]([O-])O. The van der Waals surface area contributed by atoms with Crippen molar-refractivity contribution in [2.24, 2.45) is 10.2 Å². The molecule has 2 saturated carbocycles. The zero-order valence-corrected chi connectivity index (χ0v) is 10.8. The lowest BCUT2D eigenvalue weighted by molar-refractivity contribution is -0.742. The lowest BCUT2D eigenvalue weighted by atomic mass is 9.95. The maximum atomic E-state index is 8.36. The van der Waals surface area contributed by atoms with Gasteiger partial charge in [0.15, 0.2) is 0 Å². The van der Waals surface area contributed by atoms with Crippen LogP contribution in [0.4, 0.5) is 0 Å². The van der Waals surface area contributed by atoms with Crippen LogP contribution < -0.4 is 0 Å². The number of hydrogen-bond acceptors (Lipinski definition) is 4. The topological polar surface area (TPSA) is 88.1 Å². The molecule has 2 fully saturated rings. The van der Waals surface area contributed by atoms with Gasteiger partial charge in [0.25, 0.3) is 5.09 Å². The van der Waals surface area contributed by atoms with Crippen LogP contribution in [0.5, 0.6) is 0 Å². The number of rotatable bonds is 2. The fourth-order valence-corrected chi connectivity index (χ4v) is 2.58. The molecule has 6 nitrogen and oxygen atoms in total. The Hall–Kier alpha value is -1.20. The minimum absolute atomic E-state index is 0.575. The second kappa shape index (κ2) is 8.83. The van der Waals surface area contributed by atoms with Crippen molar-refractivity contribution in [3.63, 3.8) is 0 Å². The van der Waals surface area contributed by atoms with Gasteiger partial charge in [0, 0.05) is 0 Å². The molecule has 0 aromatic rings. The number of azo groups is 1. The Morgan fingerprint density at radius 1 is 0.833 bits per heavy atom. The highest BCUT2D eigenvalue weighted by molar-refractivity contribution is 4.73. The van der Waals surface area contributed by atoms with Crippen molar-refractivity contribution in [1.82, 2.24) is 0 Å². The van der Waals surface area contributed by atoms with Gasteiger partial charge in [0.05, 0.1) is 12.1 Å². The van der Waals surface area contributed by atoms with Crippen LogP contribution in [0.15, 0.2) is 10.2 Å². The Labute approximate surface area is 108 Å². The van der Waals surface area contributed by atoms with Gasteiger partial charge in [-0.25, -0.2) is 0 Å². The van der Waals surface area contributed by atoms with E-state index in [-0.39, 0.29) is 0 Å². The first-order valence-electron chi connectivity index (χ1n) is 6.91. The van der Waals surface area contributed by atoms with Gasteiger partial charge in [0.2, 0.25) is 0 Å². The lowest BCUT2D eigenvalue weighted by Gasteiger charge is -2.19. The van der Waals surface area contributed by atoms with Crippen LogP contribution >= 0.6 is 0 Å². The Kier molecular flexibility index (Phi) is 7.29. The first-order valence-corrected chi connectivity index (χ1v) is 6.91. The second-order valence-corrected chi connectivity index (χ2v) is 5.05. The molecule has 2 rings (SSSR count). The van der Waals surface area contributed by atoms with Gasteiger partial charge in [-0.1, -0.05) is 38.5 Å². The molecule has 0 aromatic heterocycles. The Morgan fingerprint density at radius 2 is 1.11 bits per heavy atom. The summed E-state index contributed by atoms with van der Waals surface area (Å²) in [5.41, 5.74) is 0. The van der Waals surface area contributed by atoms with E-state index in [1.807, 2.05) is 0 Å². The molecule has 0 bridgehead atoms. The summed E-state index contributed by atoms with van der Waals surface area (Å²) in [6, 6.07) is 1.15. The van der Waals surface area contributed by atoms with Crippen molar-refractivity contribution in [3.05, 3.63) is 10.1 Å². The van der Waals surface area contributed by atoms with E-state index in [0.717, 1.165) is 0 Å². The molecule has 0 saturated heterocycles. The highest BCUT2D eigenvalue weighted by Crippen LogP contribution is 2.24. The Balaban J connectivity index is 0.000000357. The normalized spacial score (nSPS) is 22.4. The maximum absolute atomic E-state index is 8.36. The van der Waals surface area contributed by atoms with Crippen molar-refractivity contribution in [1.29, 1.82) is 0 Å². The van der Waals surface area contributed by atoms with Gasteiger partial charge in [-0.3, -0.25) is 0 Å². The molecule has 0 spiro atoms. The Morgan fingerprint density at radius 3 is 1.39 bits per heavy atom. The predicted octanol–water partition coefficient (Wildman–Crippen LogP) is 3.76. The third kappa shape index (κ3) is 7.19. The van der Waals surface area contributed by atoms with E-state index in [2.05, 4.69) is 10.2 Å². The van der Waals surface area contributed by atoms with Crippen LogP contribution in [0.25, 0.3) is 0 Å². The molecule has 2 aliphatic rings. The largest absolute Gasteiger partial charge is 0.328 e. The molecule has 0 aliphatic heterocycles. The molecule has 0 amide bonds. The summed E-state index contributed by atoms with van der Waals surface area (Å²) in [5, 5.41) is 22.7. The van der Waals surface area contributed by atoms with Crippen molar-refractivity contribution in [2.45, 2.75) is 76.3 Å². The summed E-state index contributed by atoms with van der Waals surface area (Å²) in [4.78, 5) is 8.36. The zero-order chi connectivity index (χ0) is 13.2. The molecule has 1 N–H and O–H groups in total. The third-order valence-corrected chi connectivity index (χ3v) is 3.54. The quantitative estimate of drug-likeness (QED) is 0.464. The molecule has 18 heavy (non-hydrogen) atoms. The van der Waals surface area contributed by atoms with Gasteiger partial charge >= 0.3 is 0 Å². The van der Waals surface area contributed by atoms with Crippen LogP contribution in [0, 0.1) is 10.1 Å². The average molecular weight is 257 g/mol. The summed E-state index contributed by atoms with van der Waals surface area (Å²) < 4.78 is 0. The molecular formula is C12H23N3O3. The fourth-order valence-electron chi connectivity index (χ4n) is 2.58. The monoisotopic (exact) mass is 257 g/mol. The molecule has 6 heteroatoms. The lowest BCUT2D eigenvalue weighted by Crippen LogP contribution is -2.12. The van der Waals surface area contributed by atoms with Crippen molar-refractivity contribution in [3.8, 4) is 0 Å². The standard InChI is InChI=1S/C12H22N2.HNO3/c1-3-7-11(8-4-1)13-14-12-9-5-2-6-10-12;2-1(3)4/h11-12H,1-10H2;(H,2,3,4). The predicted molar refractivity (Wildman–Crippen MR) is 67.4 cm³/mol. The van der Waals surface area contributed by atoms with E-state index in [0.29, 0.717) is 12.1 Å². The van der Waals surface area contributed by atoms with Crippen molar-refractivity contribution in [2.75, 3.05) is 0 Å². The van der Waals surface area contributed by atoms with E-state index in [4.69, 9.17) is 15.3 Å². The first kappa shape index (κ1) is 14.9. The van der Waals surface area contributed by atoms with E-state index in [9.17, 15) is 0 Å². The highest BCUT2D eigenvalue weighted by atomic mass is 16.9. The molecular weight excluding hydrogens is 234 g/mol. The van der Waals surface area contributed by atoms with Crippen LogP contribution in [0.3, 0.4) is 0 Å². The van der Waals surface area contributed by atoms with Crippen LogP contribution in [0.1, 0.15) is 64.2 Å². The molecule has 2 aliphatic carbocycles. The number of hydrogen-bond donors (Lipinski definition) is 1. The second-order valence-electron chi connectivity index (χ2n) is 5.05. The average Bonchev–Trinajstić information content (AvgIpc) is 2.38. The summed E-state index contributed by atoms with van der Waals surface area (Å²) in [5.74, 6) is 0. The molecule has 0 atom stereocenters. The van der Waals surface area contributed by atoms with Gasteiger partial charge < -0.3 is 5.21 Å². The minimum Gasteiger partial charge on any atom is -0.328 e. The number of nitrogens with zero attached hydrogens (tertiary/aromatic N) is 3. The van der Waals surface area contributed by atoms with E-state index in [1.165, 1.54) is 64.2 Å². The molecule has 0 heterocycles. The van der Waals surface area contributed by atoms with Crippen molar-refractivity contribution >= 4 is 0 Å². The van der Waals surface area contributed by atoms with Crippen LogP contribution in [0.2, 0.25) is 0 Å². The van der Waals surface area contributed by atoms with Gasteiger partial charge in [0.1, 0.15) is 0 Å². The summed E-state index contributed by atoms with van der Waals surface area (Å²) in [6.45, 7) is 0. The molecule has 0 unspecified atom stereocenters. The van der Waals surface area contributed by atoms with Gasteiger partial charge in [-0.2, -0.15) is 10.2 Å². The smallest absolute Gasteiger partial charge is 0.291 e. The maximum Gasteiger partial charge on any atom is 0.291 e. The van der Waals surface area contributed by atoms with Crippen LogP contribution in [-0.4, -0.2) is 22.4 Å². The fraction of sp³-hybridized carbons (Fsp3) is 1.00. The highest BCUT2D eigenvalue weighted by Gasteiger charge is 2.15. The van der Waals surface area contributed by atoms with E-state index in [1.54, 1.807) is 0 Å². The molecule has 104 valence electrons. The van der Waals surface area contributed by atoms with E-state index >= 15 is 0 Å². The first-order chi connectivity index (χ1) is 8.68. The summed E-state index contributed by atoms with van der Waals surface area (Å²) >= 11 is 0. The van der Waals surface area contributed by atoms with Gasteiger partial charge in [-0.15, -0.1) is 10.1 Å². The zero-order valence-electron chi connectivity index (χ0n) is 10.8. The summed E-state index contributed by atoms with van der Waals surface area (Å²) in [7, 11) is 0. The molecule has 0 radical (unpaired) electrons. The Bertz CT molecular complexity index is 235. The van der Waals surface area contributed by atoms with Crippen molar-refractivity contribution < 1.29 is 10.3 Å².